The summed E-state index contributed by atoms with van der Waals surface area (Å²) in [7, 11) is -4.28. The number of anilines is 1. The van der Waals surface area contributed by atoms with Gasteiger partial charge in [-0.15, -0.1) is 0 Å². The van der Waals surface area contributed by atoms with Crippen molar-refractivity contribution in [3.8, 4) is 0 Å². The lowest BCUT2D eigenvalue weighted by Crippen LogP contribution is -2.10. The highest BCUT2D eigenvalue weighted by Crippen LogP contribution is 2.22. The van der Waals surface area contributed by atoms with Gasteiger partial charge in [0.05, 0.1) is 4.90 Å². The van der Waals surface area contributed by atoms with Gasteiger partial charge in [-0.3, -0.25) is 9.35 Å². The summed E-state index contributed by atoms with van der Waals surface area (Å²) in [5, 5.41) is 2.44. The standard InChI is InChI=1S/C10H11NO4S/c1-3-10(12)11-8-5-4-6-9(7(8)2)16(13,14)15/h3-6H,1H2,2H3,(H,11,12)(H,13,14,15). The normalized spacial score (nSPS) is 10.9. The Balaban J connectivity index is 3.24. The number of carbonyl (C=O) groups is 1. The van der Waals surface area contributed by atoms with Crippen LogP contribution in [0.5, 0.6) is 0 Å². The Bertz CT molecular complexity index is 534. The first-order valence-corrected chi connectivity index (χ1v) is 5.81. The number of nitrogens with one attached hydrogen (secondary N) is 1. The third kappa shape index (κ3) is 2.68. The van der Waals surface area contributed by atoms with E-state index < -0.39 is 16.0 Å². The molecule has 0 radical (unpaired) electrons. The van der Waals surface area contributed by atoms with Crippen LogP contribution in [0.25, 0.3) is 0 Å². The molecule has 1 aromatic carbocycles. The van der Waals surface area contributed by atoms with E-state index in [2.05, 4.69) is 11.9 Å². The van der Waals surface area contributed by atoms with E-state index >= 15 is 0 Å². The third-order valence-corrected chi connectivity index (χ3v) is 3.00. The average Bonchev–Trinajstić information content (AvgIpc) is 2.19. The Morgan fingerprint density at radius 1 is 1.50 bits per heavy atom. The van der Waals surface area contributed by atoms with Crippen LogP contribution in [-0.2, 0) is 14.9 Å². The molecule has 0 saturated heterocycles. The van der Waals surface area contributed by atoms with Crippen LogP contribution in [0.4, 0.5) is 5.69 Å². The van der Waals surface area contributed by atoms with Gasteiger partial charge in [-0.05, 0) is 30.7 Å². The molecule has 5 nitrogen and oxygen atoms in total. The fourth-order valence-electron chi connectivity index (χ4n) is 1.21. The van der Waals surface area contributed by atoms with Gasteiger partial charge in [0.2, 0.25) is 5.91 Å². The largest absolute Gasteiger partial charge is 0.322 e. The maximum absolute atomic E-state index is 11.1. The van der Waals surface area contributed by atoms with E-state index in [0.717, 1.165) is 6.08 Å². The molecule has 0 aliphatic rings. The van der Waals surface area contributed by atoms with Crippen molar-refractivity contribution in [2.75, 3.05) is 5.32 Å². The fraction of sp³-hybridized carbons (Fsp3) is 0.100. The first-order chi connectivity index (χ1) is 7.36. The van der Waals surface area contributed by atoms with Gasteiger partial charge in [0, 0.05) is 5.69 Å². The van der Waals surface area contributed by atoms with Gasteiger partial charge in [-0.1, -0.05) is 12.6 Å². The summed E-state index contributed by atoms with van der Waals surface area (Å²) in [5.41, 5.74) is 0.597. The van der Waals surface area contributed by atoms with Crippen LogP contribution in [0.1, 0.15) is 5.56 Å². The third-order valence-electron chi connectivity index (χ3n) is 2.01. The highest BCUT2D eigenvalue weighted by Gasteiger charge is 2.15. The monoisotopic (exact) mass is 241 g/mol. The van der Waals surface area contributed by atoms with Gasteiger partial charge in [0.15, 0.2) is 0 Å². The second kappa shape index (κ2) is 4.46. The SMILES string of the molecule is C=CC(=O)Nc1cccc(S(=O)(=O)O)c1C. The highest BCUT2D eigenvalue weighted by molar-refractivity contribution is 7.85. The topological polar surface area (TPSA) is 83.5 Å². The minimum Gasteiger partial charge on any atom is -0.322 e. The van der Waals surface area contributed by atoms with Crippen molar-refractivity contribution in [2.24, 2.45) is 0 Å². The van der Waals surface area contributed by atoms with Crippen LogP contribution in [0.3, 0.4) is 0 Å². The Kier molecular flexibility index (Phi) is 3.46. The molecule has 1 aromatic rings. The van der Waals surface area contributed by atoms with E-state index in [4.69, 9.17) is 4.55 Å². The Morgan fingerprint density at radius 3 is 2.62 bits per heavy atom. The molecule has 1 rings (SSSR count). The van der Waals surface area contributed by atoms with E-state index in [0.29, 0.717) is 5.69 Å². The van der Waals surface area contributed by atoms with Crippen LogP contribution >= 0.6 is 0 Å². The molecule has 0 heterocycles. The quantitative estimate of drug-likeness (QED) is 0.618. The maximum Gasteiger partial charge on any atom is 0.294 e. The maximum atomic E-state index is 11.1. The van der Waals surface area contributed by atoms with Crippen molar-refractivity contribution in [3.05, 3.63) is 36.4 Å². The average molecular weight is 241 g/mol. The second-order valence-corrected chi connectivity index (χ2v) is 4.49. The van der Waals surface area contributed by atoms with E-state index in [1.807, 2.05) is 0 Å². The second-order valence-electron chi connectivity index (χ2n) is 3.10. The zero-order valence-corrected chi connectivity index (χ0v) is 9.41. The molecule has 0 aromatic heterocycles. The molecule has 0 spiro atoms. The van der Waals surface area contributed by atoms with E-state index in [1.54, 1.807) is 0 Å². The van der Waals surface area contributed by atoms with Gasteiger partial charge in [0.25, 0.3) is 10.1 Å². The van der Waals surface area contributed by atoms with Crippen molar-refractivity contribution in [1.82, 2.24) is 0 Å². The fourth-order valence-corrected chi connectivity index (χ4v) is 1.96. The minimum absolute atomic E-state index is 0.227. The van der Waals surface area contributed by atoms with Gasteiger partial charge in [-0.2, -0.15) is 8.42 Å². The predicted octanol–water partition coefficient (Wildman–Crippen LogP) is 1.37. The Morgan fingerprint density at radius 2 is 2.12 bits per heavy atom. The lowest BCUT2D eigenvalue weighted by atomic mass is 10.2. The lowest BCUT2D eigenvalue weighted by molar-refractivity contribution is -0.111. The van der Waals surface area contributed by atoms with Crippen molar-refractivity contribution < 1.29 is 17.8 Å². The molecule has 0 fully saturated rings. The van der Waals surface area contributed by atoms with Crippen molar-refractivity contribution in [1.29, 1.82) is 0 Å². The first-order valence-electron chi connectivity index (χ1n) is 4.37. The van der Waals surface area contributed by atoms with Crippen molar-refractivity contribution >= 4 is 21.7 Å². The summed E-state index contributed by atoms with van der Waals surface area (Å²) in [6, 6.07) is 4.22. The summed E-state index contributed by atoms with van der Waals surface area (Å²) in [5.74, 6) is -0.449. The Hall–Kier alpha value is -1.66. The zero-order valence-electron chi connectivity index (χ0n) is 8.60. The molecule has 0 bridgehead atoms. The molecule has 16 heavy (non-hydrogen) atoms. The van der Waals surface area contributed by atoms with Crippen LogP contribution in [-0.4, -0.2) is 18.9 Å². The van der Waals surface area contributed by atoms with E-state index in [-0.39, 0.29) is 10.5 Å². The molecule has 0 aliphatic heterocycles. The lowest BCUT2D eigenvalue weighted by Gasteiger charge is -2.09. The number of rotatable bonds is 3. The van der Waals surface area contributed by atoms with Gasteiger partial charge in [-0.25, -0.2) is 0 Å². The number of carbonyl (C=O) groups excluding carboxylic acids is 1. The molecular formula is C10H11NO4S. The minimum atomic E-state index is -4.28. The summed E-state index contributed by atoms with van der Waals surface area (Å²) in [6.45, 7) is 4.77. The van der Waals surface area contributed by atoms with Crippen LogP contribution < -0.4 is 5.32 Å². The summed E-state index contributed by atoms with van der Waals surface area (Å²) < 4.78 is 30.9. The van der Waals surface area contributed by atoms with E-state index in [9.17, 15) is 13.2 Å². The van der Waals surface area contributed by atoms with Crippen LogP contribution in [0.15, 0.2) is 35.7 Å². The van der Waals surface area contributed by atoms with Crippen LogP contribution in [0, 0.1) is 6.92 Å². The highest BCUT2D eigenvalue weighted by atomic mass is 32.2. The summed E-state index contributed by atoms with van der Waals surface area (Å²) in [4.78, 5) is 10.8. The number of hydrogen-bond acceptors (Lipinski definition) is 3. The smallest absolute Gasteiger partial charge is 0.294 e. The molecule has 86 valence electrons. The number of amides is 1. The molecule has 0 saturated carbocycles. The molecule has 1 amide bonds. The molecular weight excluding hydrogens is 230 g/mol. The van der Waals surface area contributed by atoms with Crippen LogP contribution in [0.2, 0.25) is 0 Å². The predicted molar refractivity (Wildman–Crippen MR) is 59.8 cm³/mol. The van der Waals surface area contributed by atoms with Crippen molar-refractivity contribution in [3.63, 3.8) is 0 Å². The molecule has 0 atom stereocenters. The van der Waals surface area contributed by atoms with Gasteiger partial charge >= 0.3 is 0 Å². The molecule has 0 aliphatic carbocycles. The number of hydrogen-bond donors (Lipinski definition) is 2. The van der Waals surface area contributed by atoms with Gasteiger partial charge in [0.1, 0.15) is 0 Å². The molecule has 6 heteroatoms. The zero-order chi connectivity index (χ0) is 12.3. The van der Waals surface area contributed by atoms with E-state index in [1.165, 1.54) is 25.1 Å². The molecule has 2 N–H and O–H groups in total. The van der Waals surface area contributed by atoms with Crippen molar-refractivity contribution in [2.45, 2.75) is 11.8 Å². The summed E-state index contributed by atoms with van der Waals surface area (Å²) >= 11 is 0. The summed E-state index contributed by atoms with van der Waals surface area (Å²) in [6.07, 6.45) is 1.07. The first kappa shape index (κ1) is 12.4. The Labute approximate surface area is 93.5 Å². The van der Waals surface area contributed by atoms with Gasteiger partial charge < -0.3 is 5.32 Å². The molecule has 0 unspecified atom stereocenters. The number of benzene rings is 1.